The van der Waals surface area contributed by atoms with Crippen LogP contribution < -0.4 is 5.32 Å². The molecule has 0 aromatic rings. The summed E-state index contributed by atoms with van der Waals surface area (Å²) in [6.07, 6.45) is 6.70. The Labute approximate surface area is 103 Å². The Bertz CT molecular complexity index is 230. The second kappa shape index (κ2) is 7.97. The van der Waals surface area contributed by atoms with Crippen molar-refractivity contribution < 1.29 is 9.47 Å². The molecule has 1 rings (SSSR count). The Hall–Kier alpha value is -0.210. The lowest BCUT2D eigenvalue weighted by Crippen LogP contribution is -2.60. The molecular weight excluding hydrogens is 222 g/mol. The van der Waals surface area contributed by atoms with E-state index in [9.17, 15) is 0 Å². The van der Waals surface area contributed by atoms with Gasteiger partial charge in [0.2, 0.25) is 0 Å². The third-order valence-electron chi connectivity index (χ3n) is 2.74. The van der Waals surface area contributed by atoms with Gasteiger partial charge in [-0.25, -0.2) is 0 Å². The summed E-state index contributed by atoms with van der Waals surface area (Å²) in [4.78, 5) is 0. The highest BCUT2D eigenvalue weighted by Crippen LogP contribution is 2.26. The molecule has 1 N–H and O–H groups in total. The molecule has 16 heavy (non-hydrogen) atoms. The van der Waals surface area contributed by atoms with Crippen LogP contribution in [0.4, 0.5) is 0 Å². The van der Waals surface area contributed by atoms with Crippen LogP contribution in [-0.2, 0) is 9.47 Å². The van der Waals surface area contributed by atoms with Gasteiger partial charge in [-0.05, 0) is 13.3 Å². The minimum atomic E-state index is 0.206. The molecule has 1 saturated carbocycles. The van der Waals surface area contributed by atoms with Gasteiger partial charge in [0.05, 0.1) is 18.0 Å². The molecule has 0 bridgehead atoms. The van der Waals surface area contributed by atoms with Crippen LogP contribution in [-0.4, -0.2) is 50.0 Å². The highest BCUT2D eigenvalue weighted by atomic mass is 32.2. The van der Waals surface area contributed by atoms with Gasteiger partial charge in [-0.3, -0.25) is 0 Å². The summed E-state index contributed by atoms with van der Waals surface area (Å²) in [5, 5.41) is 3.47. The van der Waals surface area contributed by atoms with Crippen LogP contribution in [0.3, 0.4) is 0 Å². The molecule has 92 valence electrons. The van der Waals surface area contributed by atoms with Crippen LogP contribution in [0, 0.1) is 12.3 Å². The van der Waals surface area contributed by atoms with E-state index < -0.39 is 0 Å². The summed E-state index contributed by atoms with van der Waals surface area (Å²) in [6, 6.07) is 0.438. The van der Waals surface area contributed by atoms with Gasteiger partial charge < -0.3 is 14.8 Å². The van der Waals surface area contributed by atoms with Crippen LogP contribution in [0.25, 0.3) is 0 Å². The fourth-order valence-corrected chi connectivity index (χ4v) is 2.45. The van der Waals surface area contributed by atoms with E-state index in [0.29, 0.717) is 6.04 Å². The Morgan fingerprint density at radius 1 is 1.56 bits per heavy atom. The van der Waals surface area contributed by atoms with Gasteiger partial charge in [0.15, 0.2) is 0 Å². The summed E-state index contributed by atoms with van der Waals surface area (Å²) in [5.41, 5.74) is 0. The Morgan fingerprint density at radius 3 is 3.00 bits per heavy atom. The van der Waals surface area contributed by atoms with E-state index in [2.05, 4.69) is 11.2 Å². The average molecular weight is 243 g/mol. The number of rotatable bonds is 8. The lowest BCUT2D eigenvalue weighted by atomic mass is 9.85. The number of nitrogens with one attached hydrogen (secondary N) is 1. The zero-order chi connectivity index (χ0) is 11.8. The van der Waals surface area contributed by atoms with Crippen molar-refractivity contribution in [2.24, 2.45) is 0 Å². The minimum Gasteiger partial charge on any atom is -0.377 e. The van der Waals surface area contributed by atoms with Crippen LogP contribution in [0.15, 0.2) is 0 Å². The van der Waals surface area contributed by atoms with Crippen molar-refractivity contribution in [2.45, 2.75) is 31.6 Å². The summed E-state index contributed by atoms with van der Waals surface area (Å²) < 4.78 is 11.0. The monoisotopic (exact) mass is 243 g/mol. The lowest BCUT2D eigenvalue weighted by molar-refractivity contribution is -0.130. The molecule has 3 nitrogen and oxygen atoms in total. The van der Waals surface area contributed by atoms with Crippen molar-refractivity contribution >= 4 is 11.8 Å². The lowest BCUT2D eigenvalue weighted by Gasteiger charge is -2.43. The summed E-state index contributed by atoms with van der Waals surface area (Å²) >= 11 is 1.78. The number of terminal acetylenes is 1. The van der Waals surface area contributed by atoms with Crippen molar-refractivity contribution in [2.75, 3.05) is 31.8 Å². The average Bonchev–Trinajstić information content (AvgIpc) is 2.26. The molecule has 1 aliphatic carbocycles. The molecular formula is C12H21NO2S. The van der Waals surface area contributed by atoms with Crippen molar-refractivity contribution in [1.29, 1.82) is 0 Å². The van der Waals surface area contributed by atoms with Crippen LogP contribution in [0.2, 0.25) is 0 Å². The number of thioether (sulfide) groups is 1. The first-order valence-corrected chi connectivity index (χ1v) is 6.88. The largest absolute Gasteiger partial charge is 0.377 e. The van der Waals surface area contributed by atoms with Gasteiger partial charge in [-0.1, -0.05) is 5.92 Å². The van der Waals surface area contributed by atoms with Crippen molar-refractivity contribution in [1.82, 2.24) is 5.32 Å². The molecule has 0 aliphatic heterocycles. The maximum absolute atomic E-state index is 5.56. The fraction of sp³-hybridized carbons (Fsp3) is 0.833. The third-order valence-corrected chi connectivity index (χ3v) is 3.60. The van der Waals surface area contributed by atoms with Gasteiger partial charge in [-0.15, -0.1) is 18.2 Å². The molecule has 1 aliphatic rings. The van der Waals surface area contributed by atoms with E-state index in [1.807, 2.05) is 6.92 Å². The summed E-state index contributed by atoms with van der Waals surface area (Å²) in [7, 11) is 1.75. The van der Waals surface area contributed by atoms with E-state index >= 15 is 0 Å². The van der Waals surface area contributed by atoms with Crippen molar-refractivity contribution in [3.05, 3.63) is 0 Å². The van der Waals surface area contributed by atoms with E-state index in [-0.39, 0.29) is 12.2 Å². The fourth-order valence-electron chi connectivity index (χ4n) is 1.92. The van der Waals surface area contributed by atoms with Gasteiger partial charge in [0.1, 0.15) is 0 Å². The molecule has 0 spiro atoms. The Balaban J connectivity index is 2.08. The van der Waals surface area contributed by atoms with Gasteiger partial charge in [-0.2, -0.15) is 0 Å². The number of hydrogen-bond acceptors (Lipinski definition) is 4. The molecule has 0 radical (unpaired) electrons. The molecule has 3 atom stereocenters. The SMILES string of the molecule is C#CCSCCNC1CC(OCC)C1OC. The molecule has 3 unspecified atom stereocenters. The maximum Gasteiger partial charge on any atom is 0.0986 e. The Kier molecular flexibility index (Phi) is 6.90. The van der Waals surface area contributed by atoms with E-state index in [1.54, 1.807) is 18.9 Å². The molecule has 0 aromatic carbocycles. The first-order valence-electron chi connectivity index (χ1n) is 5.72. The molecule has 0 heterocycles. The topological polar surface area (TPSA) is 30.5 Å². The molecule has 0 saturated heterocycles. The van der Waals surface area contributed by atoms with E-state index in [4.69, 9.17) is 15.9 Å². The normalized spacial score (nSPS) is 28.4. The smallest absolute Gasteiger partial charge is 0.0986 e. The second-order valence-electron chi connectivity index (χ2n) is 3.75. The van der Waals surface area contributed by atoms with Crippen LogP contribution >= 0.6 is 11.8 Å². The van der Waals surface area contributed by atoms with Gasteiger partial charge in [0.25, 0.3) is 0 Å². The predicted molar refractivity (Wildman–Crippen MR) is 68.8 cm³/mol. The standard InChI is InChI=1S/C12H21NO2S/c1-4-7-16-8-6-13-10-9-11(15-5-2)12(10)14-3/h1,10-13H,5-9H2,2-3H3. The van der Waals surface area contributed by atoms with Gasteiger partial charge in [0, 0.05) is 32.1 Å². The second-order valence-corrected chi connectivity index (χ2v) is 4.85. The molecule has 0 aromatic heterocycles. The van der Waals surface area contributed by atoms with E-state index in [1.165, 1.54) is 0 Å². The zero-order valence-corrected chi connectivity index (χ0v) is 10.9. The van der Waals surface area contributed by atoms with Crippen molar-refractivity contribution in [3.8, 4) is 12.3 Å². The predicted octanol–water partition coefficient (Wildman–Crippen LogP) is 1.13. The maximum atomic E-state index is 5.56. The first kappa shape index (κ1) is 13.9. The molecule has 1 fully saturated rings. The molecule has 4 heteroatoms. The minimum absolute atomic E-state index is 0.206. The highest BCUT2D eigenvalue weighted by molar-refractivity contribution is 7.99. The molecule has 0 amide bonds. The third kappa shape index (κ3) is 3.99. The quantitative estimate of drug-likeness (QED) is 0.511. The number of ether oxygens (including phenoxy) is 2. The summed E-state index contributed by atoms with van der Waals surface area (Å²) in [6.45, 7) is 3.76. The van der Waals surface area contributed by atoms with Crippen molar-refractivity contribution in [3.63, 3.8) is 0 Å². The zero-order valence-electron chi connectivity index (χ0n) is 10.1. The van der Waals surface area contributed by atoms with Crippen LogP contribution in [0.5, 0.6) is 0 Å². The highest BCUT2D eigenvalue weighted by Gasteiger charge is 2.41. The number of methoxy groups -OCH3 is 1. The Morgan fingerprint density at radius 2 is 2.38 bits per heavy atom. The summed E-state index contributed by atoms with van der Waals surface area (Å²) in [5.74, 6) is 4.46. The van der Waals surface area contributed by atoms with Gasteiger partial charge >= 0.3 is 0 Å². The van der Waals surface area contributed by atoms with E-state index in [0.717, 1.165) is 31.1 Å². The first-order chi connectivity index (χ1) is 7.83. The van der Waals surface area contributed by atoms with Crippen LogP contribution in [0.1, 0.15) is 13.3 Å². The number of hydrogen-bond donors (Lipinski definition) is 1.